The Morgan fingerprint density at radius 1 is 1.70 bits per heavy atom. The minimum atomic E-state index is 0. The van der Waals surface area contributed by atoms with Gasteiger partial charge in [0.15, 0.2) is 0 Å². The summed E-state index contributed by atoms with van der Waals surface area (Å²) in [6.45, 7) is 6.79. The van der Waals surface area contributed by atoms with Crippen LogP contribution in [0.3, 0.4) is 0 Å². The van der Waals surface area contributed by atoms with Crippen LogP contribution in [0.4, 0.5) is 0 Å². The normalized spacial score (nSPS) is 15.0. The van der Waals surface area contributed by atoms with E-state index in [4.69, 9.17) is 0 Å². The Balaban J connectivity index is 0.000000810. The van der Waals surface area contributed by atoms with E-state index >= 15 is 0 Å². The molecular formula is C7H13ClN2. The summed E-state index contributed by atoms with van der Waals surface area (Å²) in [6, 6.07) is 0. The first-order valence-electron chi connectivity index (χ1n) is 3.28. The van der Waals surface area contributed by atoms with Gasteiger partial charge in [0.25, 0.3) is 0 Å². The lowest BCUT2D eigenvalue weighted by atomic mass is 10.4. The number of hydrogen-bond donors (Lipinski definition) is 0. The van der Waals surface area contributed by atoms with Gasteiger partial charge >= 0.3 is 0 Å². The monoisotopic (exact) mass is 160 g/mol. The van der Waals surface area contributed by atoms with Crippen molar-refractivity contribution >= 4 is 18.7 Å². The number of rotatable bonds is 3. The van der Waals surface area contributed by atoms with E-state index in [1.807, 2.05) is 12.4 Å². The van der Waals surface area contributed by atoms with Crippen molar-refractivity contribution in [1.29, 1.82) is 0 Å². The maximum Gasteiger partial charge on any atom is 0.0851 e. The van der Waals surface area contributed by atoms with Crippen molar-refractivity contribution in [2.24, 2.45) is 4.99 Å². The van der Waals surface area contributed by atoms with Crippen molar-refractivity contribution in [3.8, 4) is 0 Å². The highest BCUT2D eigenvalue weighted by Gasteiger charge is 2.01. The molecule has 0 aliphatic carbocycles. The van der Waals surface area contributed by atoms with E-state index in [-0.39, 0.29) is 12.4 Å². The average Bonchev–Trinajstić information content (AvgIpc) is 2.34. The Labute approximate surface area is 68.0 Å². The van der Waals surface area contributed by atoms with Crippen molar-refractivity contribution < 1.29 is 0 Å². The molecule has 0 fully saturated rings. The molecule has 0 radical (unpaired) electrons. The Kier molecular flexibility index (Phi) is 5.03. The Morgan fingerprint density at radius 3 is 3.00 bits per heavy atom. The lowest BCUT2D eigenvalue weighted by Gasteiger charge is -2.10. The second kappa shape index (κ2) is 5.30. The molecule has 10 heavy (non-hydrogen) atoms. The molecule has 58 valence electrons. The molecule has 0 N–H and O–H groups in total. The summed E-state index contributed by atoms with van der Waals surface area (Å²) in [7, 11) is 0. The Hall–Kier alpha value is -0.500. The fourth-order valence-corrected chi connectivity index (χ4v) is 0.844. The third-order valence-electron chi connectivity index (χ3n) is 1.38. The SMILES string of the molecule is C=CCCN1C=NCC1.Cl. The van der Waals surface area contributed by atoms with Crippen LogP contribution in [0, 0.1) is 0 Å². The second-order valence-corrected chi connectivity index (χ2v) is 2.13. The van der Waals surface area contributed by atoms with Gasteiger partial charge in [-0.2, -0.15) is 0 Å². The molecule has 0 atom stereocenters. The standard InChI is InChI=1S/C7H12N2.ClH/c1-2-3-5-9-6-4-8-7-9;/h2,7H,1,3-6H2;1H. The predicted molar refractivity (Wildman–Crippen MR) is 47.0 cm³/mol. The largest absolute Gasteiger partial charge is 0.361 e. The first-order valence-corrected chi connectivity index (χ1v) is 3.28. The van der Waals surface area contributed by atoms with Crippen LogP contribution < -0.4 is 0 Å². The molecule has 0 spiro atoms. The Morgan fingerprint density at radius 2 is 2.50 bits per heavy atom. The molecule has 0 unspecified atom stereocenters. The summed E-state index contributed by atoms with van der Waals surface area (Å²) in [4.78, 5) is 6.29. The van der Waals surface area contributed by atoms with Crippen molar-refractivity contribution in [2.45, 2.75) is 6.42 Å². The van der Waals surface area contributed by atoms with Gasteiger partial charge in [0.1, 0.15) is 0 Å². The predicted octanol–water partition coefficient (Wildman–Crippen LogP) is 1.33. The fraction of sp³-hybridized carbons (Fsp3) is 0.571. The van der Waals surface area contributed by atoms with Gasteiger partial charge in [0.05, 0.1) is 12.9 Å². The fourth-order valence-electron chi connectivity index (χ4n) is 0.844. The van der Waals surface area contributed by atoms with Crippen LogP contribution >= 0.6 is 12.4 Å². The zero-order valence-corrected chi connectivity index (χ0v) is 6.81. The first kappa shape index (κ1) is 9.50. The maximum absolute atomic E-state index is 4.08. The molecule has 0 aromatic heterocycles. The van der Waals surface area contributed by atoms with Crippen LogP contribution in [-0.2, 0) is 0 Å². The topological polar surface area (TPSA) is 15.6 Å². The Bertz CT molecular complexity index is 123. The van der Waals surface area contributed by atoms with Gasteiger partial charge in [-0.3, -0.25) is 4.99 Å². The van der Waals surface area contributed by atoms with Crippen LogP contribution in [0.5, 0.6) is 0 Å². The van der Waals surface area contributed by atoms with Crippen LogP contribution in [0.2, 0.25) is 0 Å². The maximum atomic E-state index is 4.08. The van der Waals surface area contributed by atoms with Crippen LogP contribution in [0.1, 0.15) is 6.42 Å². The summed E-state index contributed by atoms with van der Waals surface area (Å²) in [6.07, 6.45) is 4.92. The second-order valence-electron chi connectivity index (χ2n) is 2.13. The zero-order valence-electron chi connectivity index (χ0n) is 5.99. The number of nitrogens with zero attached hydrogens (tertiary/aromatic N) is 2. The molecule has 3 heteroatoms. The molecule has 0 saturated heterocycles. The minimum Gasteiger partial charge on any atom is -0.361 e. The highest BCUT2D eigenvalue weighted by Crippen LogP contribution is 1.94. The molecule has 0 saturated carbocycles. The third-order valence-corrected chi connectivity index (χ3v) is 1.38. The highest BCUT2D eigenvalue weighted by atomic mass is 35.5. The van der Waals surface area contributed by atoms with E-state index in [1.54, 1.807) is 0 Å². The first-order chi connectivity index (χ1) is 4.43. The molecule has 2 nitrogen and oxygen atoms in total. The van der Waals surface area contributed by atoms with Crippen molar-refractivity contribution in [2.75, 3.05) is 19.6 Å². The van der Waals surface area contributed by atoms with E-state index in [1.165, 1.54) is 0 Å². The van der Waals surface area contributed by atoms with Gasteiger partial charge in [-0.15, -0.1) is 19.0 Å². The quantitative estimate of drug-likeness (QED) is 0.569. The van der Waals surface area contributed by atoms with E-state index in [2.05, 4.69) is 16.5 Å². The summed E-state index contributed by atoms with van der Waals surface area (Å²) >= 11 is 0. The third kappa shape index (κ3) is 2.87. The van der Waals surface area contributed by atoms with E-state index < -0.39 is 0 Å². The molecule has 0 amide bonds. The molecular weight excluding hydrogens is 148 g/mol. The lowest BCUT2D eigenvalue weighted by molar-refractivity contribution is 0.476. The lowest BCUT2D eigenvalue weighted by Crippen LogP contribution is -2.20. The van der Waals surface area contributed by atoms with Crippen molar-refractivity contribution in [3.05, 3.63) is 12.7 Å². The van der Waals surface area contributed by atoms with Gasteiger partial charge in [-0.1, -0.05) is 6.08 Å². The average molecular weight is 161 g/mol. The molecule has 1 aliphatic rings. The molecule has 0 aromatic rings. The van der Waals surface area contributed by atoms with Crippen LogP contribution in [0.15, 0.2) is 17.6 Å². The molecule has 0 bridgehead atoms. The number of halogens is 1. The number of hydrogen-bond acceptors (Lipinski definition) is 2. The zero-order chi connectivity index (χ0) is 6.53. The highest BCUT2D eigenvalue weighted by molar-refractivity contribution is 5.85. The smallest absolute Gasteiger partial charge is 0.0851 e. The van der Waals surface area contributed by atoms with Crippen LogP contribution in [0.25, 0.3) is 0 Å². The van der Waals surface area contributed by atoms with Gasteiger partial charge in [-0.05, 0) is 6.42 Å². The molecule has 1 heterocycles. The summed E-state index contributed by atoms with van der Waals surface area (Å²) < 4.78 is 0. The van der Waals surface area contributed by atoms with Crippen molar-refractivity contribution in [1.82, 2.24) is 4.90 Å². The van der Waals surface area contributed by atoms with E-state index in [9.17, 15) is 0 Å². The molecule has 0 aromatic carbocycles. The summed E-state index contributed by atoms with van der Waals surface area (Å²) in [5, 5.41) is 0. The number of aliphatic imine (C=N–C) groups is 1. The van der Waals surface area contributed by atoms with E-state index in [0.29, 0.717) is 0 Å². The minimum absolute atomic E-state index is 0. The van der Waals surface area contributed by atoms with Crippen LogP contribution in [-0.4, -0.2) is 30.9 Å². The molecule has 1 rings (SSSR count). The van der Waals surface area contributed by atoms with Gasteiger partial charge < -0.3 is 4.90 Å². The van der Waals surface area contributed by atoms with Gasteiger partial charge in [0, 0.05) is 13.1 Å². The van der Waals surface area contributed by atoms with Gasteiger partial charge in [0.2, 0.25) is 0 Å². The molecule has 1 aliphatic heterocycles. The van der Waals surface area contributed by atoms with Gasteiger partial charge in [-0.25, -0.2) is 0 Å². The van der Waals surface area contributed by atoms with Crippen molar-refractivity contribution in [3.63, 3.8) is 0 Å². The summed E-state index contributed by atoms with van der Waals surface area (Å²) in [5.41, 5.74) is 0. The summed E-state index contributed by atoms with van der Waals surface area (Å²) in [5.74, 6) is 0. The van der Waals surface area contributed by atoms with E-state index in [0.717, 1.165) is 26.1 Å².